The molecule has 1 N–H and O–H groups in total. The fourth-order valence-corrected chi connectivity index (χ4v) is 4.42. The van der Waals surface area contributed by atoms with Crippen molar-refractivity contribution in [2.24, 2.45) is 0 Å². The van der Waals surface area contributed by atoms with Crippen LogP contribution in [0.15, 0.2) is 42.6 Å². The van der Waals surface area contributed by atoms with Crippen molar-refractivity contribution in [2.75, 3.05) is 5.32 Å². The largest absolute Gasteiger partial charge is 0.378 e. The monoisotopic (exact) mass is 314 g/mol. The maximum absolute atomic E-state index is 6.18. The third-order valence-electron chi connectivity index (χ3n) is 4.03. The Labute approximate surface area is 132 Å². The number of halogens is 1. The molecule has 4 heteroatoms. The number of hydrogen-bond acceptors (Lipinski definition) is 3. The van der Waals surface area contributed by atoms with E-state index in [2.05, 4.69) is 40.6 Å². The lowest BCUT2D eigenvalue weighted by Gasteiger charge is -2.24. The predicted molar refractivity (Wildman–Crippen MR) is 90.4 cm³/mol. The molecule has 106 valence electrons. The van der Waals surface area contributed by atoms with Crippen LogP contribution in [0.25, 0.3) is 10.9 Å². The lowest BCUT2D eigenvalue weighted by atomic mass is 9.94. The zero-order chi connectivity index (χ0) is 14.2. The number of aryl methyl sites for hydroxylation is 1. The number of pyridine rings is 1. The molecule has 0 fully saturated rings. The number of benzene rings is 1. The van der Waals surface area contributed by atoms with Crippen molar-refractivity contribution in [2.45, 2.75) is 25.3 Å². The molecule has 0 saturated heterocycles. The zero-order valence-corrected chi connectivity index (χ0v) is 13.0. The summed E-state index contributed by atoms with van der Waals surface area (Å²) in [5, 5.41) is 4.83. The Balaban J connectivity index is 1.66. The molecule has 4 rings (SSSR count). The van der Waals surface area contributed by atoms with Crippen LogP contribution in [0.2, 0.25) is 4.34 Å². The van der Waals surface area contributed by atoms with Gasteiger partial charge in [0.05, 0.1) is 15.9 Å². The summed E-state index contributed by atoms with van der Waals surface area (Å²) in [6.07, 6.45) is 5.37. The molecule has 0 amide bonds. The number of anilines is 1. The quantitative estimate of drug-likeness (QED) is 0.681. The molecular formula is C17H15ClN2S. The summed E-state index contributed by atoms with van der Waals surface area (Å²) in [5.74, 6) is 0. The second-order valence-corrected chi connectivity index (χ2v) is 7.20. The molecule has 2 heterocycles. The molecule has 1 aromatic carbocycles. The van der Waals surface area contributed by atoms with E-state index in [0.717, 1.165) is 28.4 Å². The minimum absolute atomic E-state index is 0.367. The van der Waals surface area contributed by atoms with Gasteiger partial charge in [0.15, 0.2) is 0 Å². The van der Waals surface area contributed by atoms with Crippen LogP contribution in [-0.2, 0) is 6.42 Å². The summed E-state index contributed by atoms with van der Waals surface area (Å²) in [7, 11) is 0. The highest BCUT2D eigenvalue weighted by Gasteiger charge is 2.22. The highest BCUT2D eigenvalue weighted by atomic mass is 35.5. The van der Waals surface area contributed by atoms with Gasteiger partial charge in [0, 0.05) is 22.1 Å². The van der Waals surface area contributed by atoms with Crippen molar-refractivity contribution in [3.63, 3.8) is 0 Å². The Morgan fingerprint density at radius 2 is 2.19 bits per heavy atom. The van der Waals surface area contributed by atoms with E-state index in [-0.39, 0.29) is 0 Å². The number of rotatable bonds is 2. The van der Waals surface area contributed by atoms with Crippen molar-refractivity contribution in [1.82, 2.24) is 4.98 Å². The first kappa shape index (κ1) is 13.1. The van der Waals surface area contributed by atoms with E-state index in [9.17, 15) is 0 Å². The summed E-state index contributed by atoms with van der Waals surface area (Å²) in [6.45, 7) is 0. The molecule has 2 aromatic heterocycles. The second-order valence-electron chi connectivity index (χ2n) is 5.43. The van der Waals surface area contributed by atoms with Gasteiger partial charge in [-0.05, 0) is 55.2 Å². The van der Waals surface area contributed by atoms with Crippen molar-refractivity contribution in [3.05, 3.63) is 57.4 Å². The van der Waals surface area contributed by atoms with E-state index in [1.807, 2.05) is 12.3 Å². The Kier molecular flexibility index (Phi) is 3.32. The molecule has 3 aromatic rings. The van der Waals surface area contributed by atoms with Crippen LogP contribution in [0.4, 0.5) is 5.69 Å². The molecule has 0 bridgehead atoms. The predicted octanol–water partition coefficient (Wildman–Crippen LogP) is 5.44. The third kappa shape index (κ3) is 2.52. The van der Waals surface area contributed by atoms with E-state index in [4.69, 9.17) is 11.6 Å². The summed E-state index contributed by atoms with van der Waals surface area (Å²) < 4.78 is 0.899. The van der Waals surface area contributed by atoms with Gasteiger partial charge in [-0.3, -0.25) is 4.98 Å². The molecule has 0 aliphatic heterocycles. The summed E-state index contributed by atoms with van der Waals surface area (Å²) in [4.78, 5) is 5.80. The van der Waals surface area contributed by atoms with Crippen molar-refractivity contribution in [1.29, 1.82) is 0 Å². The van der Waals surface area contributed by atoms with Gasteiger partial charge in [0.1, 0.15) is 0 Å². The smallest absolute Gasteiger partial charge is 0.0934 e. The van der Waals surface area contributed by atoms with E-state index in [1.165, 1.54) is 22.2 Å². The lowest BCUT2D eigenvalue weighted by molar-refractivity contribution is 0.609. The molecule has 0 saturated carbocycles. The standard InChI is InChI=1S/C17H15ClN2S/c18-17-10-13-15(4-1-5-16(13)21-17)20-12-6-7-14-11(9-12)3-2-8-19-14/h2-3,6-10,15,20H,1,4-5H2. The van der Waals surface area contributed by atoms with Crippen molar-refractivity contribution >= 4 is 39.5 Å². The van der Waals surface area contributed by atoms with Gasteiger partial charge in [-0.2, -0.15) is 0 Å². The van der Waals surface area contributed by atoms with Crippen molar-refractivity contribution in [3.8, 4) is 0 Å². The maximum Gasteiger partial charge on any atom is 0.0934 e. The number of nitrogens with zero attached hydrogens (tertiary/aromatic N) is 1. The van der Waals surface area contributed by atoms with Gasteiger partial charge in [0.25, 0.3) is 0 Å². The van der Waals surface area contributed by atoms with Crippen LogP contribution < -0.4 is 5.32 Å². The lowest BCUT2D eigenvalue weighted by Crippen LogP contribution is -2.15. The fourth-order valence-electron chi connectivity index (χ4n) is 3.04. The number of aromatic nitrogens is 1. The van der Waals surface area contributed by atoms with E-state index in [1.54, 1.807) is 11.3 Å². The molecule has 1 unspecified atom stereocenters. The highest BCUT2D eigenvalue weighted by Crippen LogP contribution is 2.39. The average Bonchev–Trinajstić information content (AvgIpc) is 2.89. The Hall–Kier alpha value is -1.58. The highest BCUT2D eigenvalue weighted by molar-refractivity contribution is 7.16. The van der Waals surface area contributed by atoms with Gasteiger partial charge < -0.3 is 5.32 Å². The third-order valence-corrected chi connectivity index (χ3v) is 5.37. The van der Waals surface area contributed by atoms with Crippen molar-refractivity contribution < 1.29 is 0 Å². The Bertz CT molecular complexity index is 796. The van der Waals surface area contributed by atoms with Gasteiger partial charge >= 0.3 is 0 Å². The first-order valence-corrected chi connectivity index (χ1v) is 8.38. The topological polar surface area (TPSA) is 24.9 Å². The molecular weight excluding hydrogens is 300 g/mol. The Morgan fingerprint density at radius 1 is 1.24 bits per heavy atom. The first-order valence-electron chi connectivity index (χ1n) is 7.19. The average molecular weight is 315 g/mol. The molecule has 0 radical (unpaired) electrons. The molecule has 21 heavy (non-hydrogen) atoms. The van der Waals surface area contributed by atoms with Gasteiger partial charge in [0.2, 0.25) is 0 Å². The van der Waals surface area contributed by atoms with Gasteiger partial charge in [-0.25, -0.2) is 0 Å². The molecule has 1 atom stereocenters. The number of thiophene rings is 1. The van der Waals surface area contributed by atoms with E-state index >= 15 is 0 Å². The van der Waals surface area contributed by atoms with Crippen LogP contribution in [0.3, 0.4) is 0 Å². The van der Waals surface area contributed by atoms with Gasteiger partial charge in [-0.15, -0.1) is 11.3 Å². The summed E-state index contributed by atoms with van der Waals surface area (Å²) >= 11 is 7.90. The molecule has 1 aliphatic rings. The van der Waals surface area contributed by atoms with Crippen LogP contribution in [0, 0.1) is 0 Å². The SMILES string of the molecule is Clc1cc2c(s1)CCCC2Nc1ccc2ncccc2c1. The number of fused-ring (bicyclic) bond motifs is 2. The molecule has 0 spiro atoms. The van der Waals surface area contributed by atoms with E-state index < -0.39 is 0 Å². The maximum atomic E-state index is 6.18. The zero-order valence-electron chi connectivity index (χ0n) is 11.5. The summed E-state index contributed by atoms with van der Waals surface area (Å²) in [6, 6.07) is 12.9. The molecule has 2 nitrogen and oxygen atoms in total. The minimum Gasteiger partial charge on any atom is -0.378 e. The normalized spacial score (nSPS) is 17.7. The van der Waals surface area contributed by atoms with Crippen LogP contribution in [-0.4, -0.2) is 4.98 Å². The van der Waals surface area contributed by atoms with Gasteiger partial charge in [-0.1, -0.05) is 17.7 Å². The summed E-state index contributed by atoms with van der Waals surface area (Å²) in [5.41, 5.74) is 3.56. The number of hydrogen-bond donors (Lipinski definition) is 1. The number of nitrogens with one attached hydrogen (secondary N) is 1. The first-order chi connectivity index (χ1) is 10.3. The second kappa shape index (κ2) is 5.32. The van der Waals surface area contributed by atoms with E-state index in [0.29, 0.717) is 6.04 Å². The van der Waals surface area contributed by atoms with Crippen LogP contribution in [0.1, 0.15) is 29.3 Å². The molecule has 1 aliphatic carbocycles. The van der Waals surface area contributed by atoms with Crippen LogP contribution in [0.5, 0.6) is 0 Å². The minimum atomic E-state index is 0.367. The fraction of sp³-hybridized carbons (Fsp3) is 0.235. The Morgan fingerprint density at radius 3 is 3.14 bits per heavy atom. The van der Waals surface area contributed by atoms with Crippen LogP contribution >= 0.6 is 22.9 Å².